The fourth-order valence-electron chi connectivity index (χ4n) is 0.843. The zero-order chi connectivity index (χ0) is 10.2. The molecule has 0 saturated heterocycles. The summed E-state index contributed by atoms with van der Waals surface area (Å²) < 4.78 is 37.0. The SMILES string of the molecule is F[B-](F)(F)c1c(Cl)ccc(Cl)c1Cl. The van der Waals surface area contributed by atoms with Crippen molar-refractivity contribution in [2.75, 3.05) is 0 Å². The normalized spacial score (nSPS) is 11.8. The minimum absolute atomic E-state index is 0.153. The van der Waals surface area contributed by atoms with Crippen molar-refractivity contribution in [2.24, 2.45) is 0 Å². The molecule has 0 bridgehead atoms. The molecule has 0 radical (unpaired) electrons. The van der Waals surface area contributed by atoms with Crippen LogP contribution in [0.4, 0.5) is 12.9 Å². The molecule has 0 aliphatic carbocycles. The molecular formula is C6H2BCl3F3-. The topological polar surface area (TPSA) is 0 Å². The Labute approximate surface area is 87.6 Å². The number of benzene rings is 1. The molecule has 0 unspecified atom stereocenters. The molecule has 0 saturated carbocycles. The number of rotatable bonds is 1. The van der Waals surface area contributed by atoms with Gasteiger partial charge in [0.25, 0.3) is 0 Å². The summed E-state index contributed by atoms with van der Waals surface area (Å²) in [6.07, 6.45) is 0. The maximum Gasteiger partial charge on any atom is 0.512 e. The minimum Gasteiger partial charge on any atom is -0.445 e. The van der Waals surface area contributed by atoms with Crippen molar-refractivity contribution in [2.45, 2.75) is 0 Å². The Morgan fingerprint density at radius 1 is 0.923 bits per heavy atom. The van der Waals surface area contributed by atoms with E-state index in [0.29, 0.717) is 0 Å². The van der Waals surface area contributed by atoms with Crippen LogP contribution in [0.2, 0.25) is 15.1 Å². The van der Waals surface area contributed by atoms with Crippen LogP contribution in [0.3, 0.4) is 0 Å². The summed E-state index contributed by atoms with van der Waals surface area (Å²) in [5.74, 6) is 0. The summed E-state index contributed by atoms with van der Waals surface area (Å²) >= 11 is 16.1. The Hall–Kier alpha value is -0.0551. The van der Waals surface area contributed by atoms with Crippen molar-refractivity contribution in [1.82, 2.24) is 0 Å². The van der Waals surface area contributed by atoms with Gasteiger partial charge < -0.3 is 12.9 Å². The Kier molecular flexibility index (Phi) is 3.05. The molecule has 0 amide bonds. The van der Waals surface area contributed by atoms with Gasteiger partial charge in [0.05, 0.1) is 5.02 Å². The highest BCUT2D eigenvalue weighted by Gasteiger charge is 2.31. The van der Waals surface area contributed by atoms with Crippen molar-refractivity contribution >= 4 is 47.2 Å². The lowest BCUT2D eigenvalue weighted by Gasteiger charge is -2.18. The van der Waals surface area contributed by atoms with Crippen LogP contribution in [0.15, 0.2) is 12.1 Å². The minimum atomic E-state index is -5.22. The zero-order valence-electron chi connectivity index (χ0n) is 6.00. The van der Waals surface area contributed by atoms with Crippen LogP contribution < -0.4 is 5.46 Å². The Morgan fingerprint density at radius 2 is 1.38 bits per heavy atom. The predicted octanol–water partition coefficient (Wildman–Crippen LogP) is 3.70. The van der Waals surface area contributed by atoms with Crippen LogP contribution in [-0.4, -0.2) is 6.98 Å². The lowest BCUT2D eigenvalue weighted by molar-refractivity contribution is 0.501. The van der Waals surface area contributed by atoms with Gasteiger partial charge in [0.2, 0.25) is 0 Å². The Bertz CT molecular complexity index is 337. The van der Waals surface area contributed by atoms with Gasteiger partial charge in [0, 0.05) is 10.0 Å². The van der Waals surface area contributed by atoms with Gasteiger partial charge in [-0.25, -0.2) is 0 Å². The van der Waals surface area contributed by atoms with Crippen LogP contribution in [0.5, 0.6) is 0 Å². The predicted molar refractivity (Wildman–Crippen MR) is 50.2 cm³/mol. The second kappa shape index (κ2) is 3.60. The number of hydrogen-bond donors (Lipinski definition) is 0. The summed E-state index contributed by atoms with van der Waals surface area (Å²) in [6.45, 7) is -5.22. The molecule has 1 aromatic carbocycles. The van der Waals surface area contributed by atoms with E-state index in [0.717, 1.165) is 6.07 Å². The summed E-state index contributed by atoms with van der Waals surface area (Å²) in [5.41, 5.74) is -1.03. The van der Waals surface area contributed by atoms with E-state index in [-0.39, 0.29) is 5.02 Å². The third kappa shape index (κ3) is 2.24. The van der Waals surface area contributed by atoms with Gasteiger partial charge in [-0.1, -0.05) is 40.3 Å². The van der Waals surface area contributed by atoms with E-state index >= 15 is 0 Å². The zero-order valence-corrected chi connectivity index (χ0v) is 8.27. The van der Waals surface area contributed by atoms with Crippen molar-refractivity contribution in [3.8, 4) is 0 Å². The van der Waals surface area contributed by atoms with Gasteiger partial charge in [0.15, 0.2) is 0 Å². The van der Waals surface area contributed by atoms with Gasteiger partial charge in [-0.3, -0.25) is 0 Å². The Balaban J connectivity index is 3.43. The average Bonchev–Trinajstić information content (AvgIpc) is 1.95. The molecular weight excluding hydrogens is 246 g/mol. The highest BCUT2D eigenvalue weighted by molar-refractivity contribution is 6.78. The quantitative estimate of drug-likeness (QED) is 0.525. The van der Waals surface area contributed by atoms with E-state index in [2.05, 4.69) is 0 Å². The van der Waals surface area contributed by atoms with E-state index < -0.39 is 22.5 Å². The lowest BCUT2D eigenvalue weighted by atomic mass is 9.80. The summed E-state index contributed by atoms with van der Waals surface area (Å²) in [5, 5.41) is -1.12. The second-order valence-corrected chi connectivity index (χ2v) is 3.52. The van der Waals surface area contributed by atoms with Crippen molar-refractivity contribution in [3.63, 3.8) is 0 Å². The molecule has 0 nitrogen and oxygen atoms in total. The highest BCUT2D eigenvalue weighted by Crippen LogP contribution is 2.27. The number of halogens is 6. The first-order valence-electron chi connectivity index (χ1n) is 3.17. The maximum absolute atomic E-state index is 12.3. The third-order valence-electron chi connectivity index (χ3n) is 1.41. The molecule has 0 atom stereocenters. The first-order valence-corrected chi connectivity index (χ1v) is 4.30. The highest BCUT2D eigenvalue weighted by atomic mass is 35.5. The van der Waals surface area contributed by atoms with E-state index in [1.54, 1.807) is 0 Å². The van der Waals surface area contributed by atoms with Crippen LogP contribution >= 0.6 is 34.8 Å². The van der Waals surface area contributed by atoms with Gasteiger partial charge in [0.1, 0.15) is 0 Å². The molecule has 1 aromatic rings. The van der Waals surface area contributed by atoms with Gasteiger partial charge in [-0.05, 0) is 12.1 Å². The van der Waals surface area contributed by atoms with E-state index in [9.17, 15) is 12.9 Å². The fourth-order valence-corrected chi connectivity index (χ4v) is 1.63. The molecule has 0 aliphatic heterocycles. The largest absolute Gasteiger partial charge is 0.512 e. The smallest absolute Gasteiger partial charge is 0.445 e. The summed E-state index contributed by atoms with van der Waals surface area (Å²) in [4.78, 5) is 0. The van der Waals surface area contributed by atoms with E-state index in [4.69, 9.17) is 34.8 Å². The van der Waals surface area contributed by atoms with Crippen LogP contribution in [0.1, 0.15) is 0 Å². The summed E-state index contributed by atoms with van der Waals surface area (Å²) in [7, 11) is 0. The first kappa shape index (κ1) is 11.0. The molecule has 0 heterocycles. The first-order chi connectivity index (χ1) is 5.84. The molecule has 0 fully saturated rings. The fraction of sp³-hybridized carbons (Fsp3) is 0. The molecule has 0 aromatic heterocycles. The van der Waals surface area contributed by atoms with Crippen LogP contribution in [-0.2, 0) is 0 Å². The third-order valence-corrected chi connectivity index (χ3v) is 2.56. The van der Waals surface area contributed by atoms with Gasteiger partial charge >= 0.3 is 6.98 Å². The van der Waals surface area contributed by atoms with Gasteiger partial charge in [-0.2, -0.15) is 0 Å². The van der Waals surface area contributed by atoms with Crippen molar-refractivity contribution in [1.29, 1.82) is 0 Å². The van der Waals surface area contributed by atoms with Crippen LogP contribution in [0, 0.1) is 0 Å². The summed E-state index contributed by atoms with van der Waals surface area (Å²) in [6, 6.07) is 2.29. The van der Waals surface area contributed by atoms with E-state index in [1.807, 2.05) is 0 Å². The molecule has 72 valence electrons. The van der Waals surface area contributed by atoms with Crippen LogP contribution in [0.25, 0.3) is 0 Å². The lowest BCUT2D eigenvalue weighted by Crippen LogP contribution is -2.36. The molecule has 13 heavy (non-hydrogen) atoms. The molecule has 0 spiro atoms. The van der Waals surface area contributed by atoms with E-state index in [1.165, 1.54) is 6.07 Å². The van der Waals surface area contributed by atoms with Crippen molar-refractivity contribution in [3.05, 3.63) is 27.2 Å². The molecule has 0 aliphatic rings. The standard InChI is InChI=1S/C6H2BCl3F3/c8-3-1-2-4(9)6(10)5(3)7(11,12)13/h1-2H/q-1. The second-order valence-electron chi connectivity index (χ2n) is 2.33. The molecule has 1 rings (SSSR count). The maximum atomic E-state index is 12.3. The molecule has 0 N–H and O–H groups in total. The van der Waals surface area contributed by atoms with Gasteiger partial charge in [-0.15, -0.1) is 0 Å². The Morgan fingerprint density at radius 3 is 1.77 bits per heavy atom. The molecule has 7 heteroatoms. The average molecular weight is 248 g/mol. The monoisotopic (exact) mass is 247 g/mol. The number of hydrogen-bond acceptors (Lipinski definition) is 0. The van der Waals surface area contributed by atoms with Crippen molar-refractivity contribution < 1.29 is 12.9 Å².